The lowest BCUT2D eigenvalue weighted by Gasteiger charge is -2.33. The van der Waals surface area contributed by atoms with Crippen molar-refractivity contribution in [3.05, 3.63) is 0 Å². The highest BCUT2D eigenvalue weighted by molar-refractivity contribution is 7.91. The topological polar surface area (TPSA) is 55.4 Å². The summed E-state index contributed by atoms with van der Waals surface area (Å²) < 4.78 is 28.0. The smallest absolute Gasteiger partial charge is 0.150 e. The van der Waals surface area contributed by atoms with E-state index < -0.39 is 9.84 Å². The molecule has 1 atom stereocenters. The van der Waals surface area contributed by atoms with E-state index in [0.29, 0.717) is 17.4 Å². The summed E-state index contributed by atoms with van der Waals surface area (Å²) in [6.45, 7) is 1.80. The lowest BCUT2D eigenvalue weighted by molar-refractivity contribution is -0.0381. The molecule has 2 aliphatic heterocycles. The molecule has 0 radical (unpaired) electrons. The number of rotatable bonds is 1. The third-order valence-electron chi connectivity index (χ3n) is 2.99. The minimum absolute atomic E-state index is 0.0965. The Kier molecular flexibility index (Phi) is 3.09. The van der Waals surface area contributed by atoms with Gasteiger partial charge in [0.2, 0.25) is 0 Å². The normalized spacial score (nSPS) is 34.1. The zero-order valence-electron chi connectivity index (χ0n) is 8.24. The highest BCUT2D eigenvalue weighted by atomic mass is 32.2. The van der Waals surface area contributed by atoms with Crippen LogP contribution in [0.4, 0.5) is 0 Å². The summed E-state index contributed by atoms with van der Waals surface area (Å²) in [5.74, 6) is 1.05. The van der Waals surface area contributed by atoms with Crippen molar-refractivity contribution in [1.29, 1.82) is 0 Å². The van der Waals surface area contributed by atoms with Gasteiger partial charge in [0.1, 0.15) is 16.1 Å². The Balaban J connectivity index is 1.88. The molecule has 1 unspecified atom stereocenters. The van der Waals surface area contributed by atoms with Crippen molar-refractivity contribution in [2.45, 2.75) is 25.5 Å². The number of hydrogen-bond acceptors (Lipinski definition) is 4. The molecule has 2 rings (SSSR count). The SMILES string of the molecule is O=S1(=O)CCC(C2NCCCO2)CC1. The summed E-state index contributed by atoms with van der Waals surface area (Å²) in [6.07, 6.45) is 2.65. The largest absolute Gasteiger partial charge is 0.363 e. The van der Waals surface area contributed by atoms with E-state index in [9.17, 15) is 8.42 Å². The van der Waals surface area contributed by atoms with E-state index >= 15 is 0 Å². The van der Waals surface area contributed by atoms with Crippen LogP contribution in [0.1, 0.15) is 19.3 Å². The number of nitrogens with one attached hydrogen (secondary N) is 1. The first-order valence-electron chi connectivity index (χ1n) is 5.23. The Hall–Kier alpha value is -0.130. The van der Waals surface area contributed by atoms with Crippen LogP contribution in [0.3, 0.4) is 0 Å². The van der Waals surface area contributed by atoms with Crippen LogP contribution in [-0.2, 0) is 14.6 Å². The second-order valence-corrected chi connectivity index (χ2v) is 6.39. The van der Waals surface area contributed by atoms with Crippen LogP contribution in [0.5, 0.6) is 0 Å². The predicted octanol–water partition coefficient (Wildman–Crippen LogP) is 0.147. The molecule has 14 heavy (non-hydrogen) atoms. The molecule has 2 aliphatic rings. The van der Waals surface area contributed by atoms with Gasteiger partial charge in [0.15, 0.2) is 0 Å². The van der Waals surface area contributed by atoms with Crippen LogP contribution >= 0.6 is 0 Å². The molecule has 0 aromatic heterocycles. The summed E-state index contributed by atoms with van der Waals surface area (Å²) in [7, 11) is -2.74. The Bertz CT molecular complexity index is 268. The molecular weight excluding hydrogens is 202 g/mol. The Morgan fingerprint density at radius 1 is 1.21 bits per heavy atom. The van der Waals surface area contributed by atoms with E-state index in [1.54, 1.807) is 0 Å². The third kappa shape index (κ3) is 2.46. The first-order valence-corrected chi connectivity index (χ1v) is 7.05. The summed E-state index contributed by atoms with van der Waals surface area (Å²) in [5, 5.41) is 3.30. The number of hydrogen-bond donors (Lipinski definition) is 1. The van der Waals surface area contributed by atoms with Crippen molar-refractivity contribution in [1.82, 2.24) is 5.32 Å². The van der Waals surface area contributed by atoms with Crippen molar-refractivity contribution in [2.75, 3.05) is 24.7 Å². The third-order valence-corrected chi connectivity index (χ3v) is 4.71. The van der Waals surface area contributed by atoms with Gasteiger partial charge in [-0.15, -0.1) is 0 Å². The standard InChI is InChI=1S/C9H17NO3S/c11-14(12)6-2-8(3-7-14)9-10-4-1-5-13-9/h8-10H,1-7H2. The van der Waals surface area contributed by atoms with Gasteiger partial charge < -0.3 is 4.74 Å². The lowest BCUT2D eigenvalue weighted by atomic mass is 10.00. The Morgan fingerprint density at radius 3 is 2.50 bits per heavy atom. The van der Waals surface area contributed by atoms with Crippen molar-refractivity contribution in [3.8, 4) is 0 Å². The van der Waals surface area contributed by atoms with Crippen LogP contribution < -0.4 is 5.32 Å². The van der Waals surface area contributed by atoms with E-state index in [1.807, 2.05) is 0 Å². The van der Waals surface area contributed by atoms with E-state index in [2.05, 4.69) is 5.32 Å². The lowest BCUT2D eigenvalue weighted by Crippen LogP contribution is -2.45. The molecule has 1 N–H and O–H groups in total. The maximum Gasteiger partial charge on any atom is 0.150 e. The van der Waals surface area contributed by atoms with Crippen molar-refractivity contribution >= 4 is 9.84 Å². The van der Waals surface area contributed by atoms with Gasteiger partial charge >= 0.3 is 0 Å². The predicted molar refractivity (Wildman–Crippen MR) is 53.7 cm³/mol. The molecule has 2 fully saturated rings. The van der Waals surface area contributed by atoms with Gasteiger partial charge in [-0.25, -0.2) is 8.42 Å². The summed E-state index contributed by atoms with van der Waals surface area (Å²) in [4.78, 5) is 0. The van der Waals surface area contributed by atoms with E-state index in [4.69, 9.17) is 4.74 Å². The minimum Gasteiger partial charge on any atom is -0.363 e. The first kappa shape index (κ1) is 10.4. The van der Waals surface area contributed by atoms with Crippen LogP contribution in [0.15, 0.2) is 0 Å². The van der Waals surface area contributed by atoms with Gasteiger partial charge in [0, 0.05) is 12.5 Å². The molecule has 0 aromatic carbocycles. The van der Waals surface area contributed by atoms with E-state index in [-0.39, 0.29) is 6.23 Å². The molecule has 0 saturated carbocycles. The van der Waals surface area contributed by atoms with Crippen LogP contribution in [0, 0.1) is 5.92 Å². The van der Waals surface area contributed by atoms with Crippen LogP contribution in [0.25, 0.3) is 0 Å². The Labute approximate surface area is 84.9 Å². The summed E-state index contributed by atoms with van der Waals surface area (Å²) in [5.41, 5.74) is 0. The molecule has 82 valence electrons. The fraction of sp³-hybridized carbons (Fsp3) is 1.00. The van der Waals surface area contributed by atoms with Crippen molar-refractivity contribution < 1.29 is 13.2 Å². The summed E-state index contributed by atoms with van der Waals surface area (Å²) >= 11 is 0. The average Bonchev–Trinajstić information content (AvgIpc) is 2.19. The maximum atomic E-state index is 11.2. The minimum atomic E-state index is -2.74. The molecule has 0 bridgehead atoms. The van der Waals surface area contributed by atoms with Gasteiger partial charge in [0.05, 0.1) is 11.5 Å². The summed E-state index contributed by atoms with van der Waals surface area (Å²) in [6, 6.07) is 0. The molecule has 0 spiro atoms. The zero-order valence-corrected chi connectivity index (χ0v) is 9.05. The quantitative estimate of drug-likeness (QED) is 0.682. The van der Waals surface area contributed by atoms with Gasteiger partial charge in [-0.05, 0) is 25.8 Å². The fourth-order valence-corrected chi connectivity index (χ4v) is 3.63. The molecule has 5 heteroatoms. The molecule has 4 nitrogen and oxygen atoms in total. The van der Waals surface area contributed by atoms with Gasteiger partial charge in [-0.1, -0.05) is 0 Å². The number of ether oxygens (including phenoxy) is 1. The van der Waals surface area contributed by atoms with E-state index in [0.717, 1.165) is 32.4 Å². The Morgan fingerprint density at radius 2 is 1.93 bits per heavy atom. The second-order valence-electron chi connectivity index (χ2n) is 4.09. The van der Waals surface area contributed by atoms with Gasteiger partial charge in [-0.3, -0.25) is 5.32 Å². The monoisotopic (exact) mass is 219 g/mol. The molecule has 0 aliphatic carbocycles. The molecule has 0 aromatic rings. The van der Waals surface area contributed by atoms with Crippen molar-refractivity contribution in [3.63, 3.8) is 0 Å². The molecular formula is C9H17NO3S. The molecule has 2 saturated heterocycles. The maximum absolute atomic E-state index is 11.2. The molecule has 2 heterocycles. The highest BCUT2D eigenvalue weighted by Crippen LogP contribution is 2.23. The second kappa shape index (κ2) is 4.16. The first-order chi connectivity index (χ1) is 6.67. The van der Waals surface area contributed by atoms with Gasteiger partial charge in [0.25, 0.3) is 0 Å². The fourth-order valence-electron chi connectivity index (χ4n) is 2.10. The van der Waals surface area contributed by atoms with Gasteiger partial charge in [-0.2, -0.15) is 0 Å². The van der Waals surface area contributed by atoms with E-state index in [1.165, 1.54) is 0 Å². The zero-order chi connectivity index (χ0) is 10.0. The molecule has 0 amide bonds. The average molecular weight is 219 g/mol. The van der Waals surface area contributed by atoms with Crippen LogP contribution in [0.2, 0.25) is 0 Å². The van der Waals surface area contributed by atoms with Crippen LogP contribution in [-0.4, -0.2) is 39.3 Å². The number of sulfone groups is 1. The highest BCUT2D eigenvalue weighted by Gasteiger charge is 2.30. The van der Waals surface area contributed by atoms with Crippen molar-refractivity contribution in [2.24, 2.45) is 5.92 Å².